The van der Waals surface area contributed by atoms with Crippen LogP contribution in [0.3, 0.4) is 0 Å². The van der Waals surface area contributed by atoms with E-state index in [0.717, 1.165) is 5.56 Å². The predicted molar refractivity (Wildman–Crippen MR) is 104 cm³/mol. The highest BCUT2D eigenvalue weighted by molar-refractivity contribution is 5.92. The van der Waals surface area contributed by atoms with Crippen LogP contribution in [0, 0.1) is 5.92 Å². The third-order valence-corrected chi connectivity index (χ3v) is 5.45. The van der Waals surface area contributed by atoms with Crippen molar-refractivity contribution in [1.82, 2.24) is 14.7 Å². The zero-order valence-electron chi connectivity index (χ0n) is 16.0. The standard InChI is InChI=1S/C21H27F2N3O2/c22-19(23)16-24-12-14-26(15-13-24)21(28)18-8-10-25(11-9-18)20(27)7-6-17-4-2-1-3-5-17/h1-7,18-19H,8-16H2/b7-6+. The molecule has 2 aliphatic rings. The van der Waals surface area contributed by atoms with E-state index in [0.29, 0.717) is 52.1 Å². The minimum atomic E-state index is -2.33. The van der Waals surface area contributed by atoms with E-state index in [4.69, 9.17) is 0 Å². The van der Waals surface area contributed by atoms with E-state index < -0.39 is 6.43 Å². The van der Waals surface area contributed by atoms with E-state index in [9.17, 15) is 18.4 Å². The Morgan fingerprint density at radius 2 is 1.61 bits per heavy atom. The number of alkyl halides is 2. The smallest absolute Gasteiger partial charge is 0.251 e. The van der Waals surface area contributed by atoms with Crippen molar-refractivity contribution in [3.63, 3.8) is 0 Å². The molecule has 0 aromatic heterocycles. The number of piperidine rings is 1. The van der Waals surface area contributed by atoms with Crippen LogP contribution in [0.15, 0.2) is 36.4 Å². The number of likely N-dealkylation sites (tertiary alicyclic amines) is 1. The molecule has 0 aliphatic carbocycles. The van der Waals surface area contributed by atoms with Gasteiger partial charge in [-0.15, -0.1) is 0 Å². The Balaban J connectivity index is 1.43. The summed E-state index contributed by atoms with van der Waals surface area (Å²) in [5.74, 6) is -0.0113. The Labute approximate surface area is 164 Å². The van der Waals surface area contributed by atoms with E-state index in [1.807, 2.05) is 30.3 Å². The quantitative estimate of drug-likeness (QED) is 0.724. The van der Waals surface area contributed by atoms with Gasteiger partial charge in [0.25, 0.3) is 6.43 Å². The molecule has 2 saturated heterocycles. The highest BCUT2D eigenvalue weighted by Gasteiger charge is 2.31. The van der Waals surface area contributed by atoms with Gasteiger partial charge >= 0.3 is 0 Å². The second-order valence-electron chi connectivity index (χ2n) is 7.36. The average molecular weight is 391 g/mol. The van der Waals surface area contributed by atoms with Gasteiger partial charge in [-0.2, -0.15) is 0 Å². The molecule has 0 spiro atoms. The molecular weight excluding hydrogens is 364 g/mol. The van der Waals surface area contributed by atoms with Gasteiger partial charge in [-0.1, -0.05) is 30.3 Å². The SMILES string of the molecule is O=C(/C=C/c1ccccc1)N1CCC(C(=O)N2CCN(CC(F)F)CC2)CC1. The normalized spacial score (nSPS) is 19.5. The molecular formula is C21H27F2N3O2. The minimum Gasteiger partial charge on any atom is -0.340 e. The first-order valence-electron chi connectivity index (χ1n) is 9.84. The third kappa shape index (κ3) is 5.61. The van der Waals surface area contributed by atoms with Crippen LogP contribution in [0.25, 0.3) is 6.08 Å². The Morgan fingerprint density at radius 1 is 0.964 bits per heavy atom. The van der Waals surface area contributed by atoms with Gasteiger partial charge in [-0.05, 0) is 24.5 Å². The van der Waals surface area contributed by atoms with Gasteiger partial charge in [0.15, 0.2) is 0 Å². The van der Waals surface area contributed by atoms with Crippen molar-refractivity contribution in [2.75, 3.05) is 45.8 Å². The van der Waals surface area contributed by atoms with Crippen molar-refractivity contribution in [2.24, 2.45) is 5.92 Å². The van der Waals surface area contributed by atoms with E-state index in [2.05, 4.69) is 0 Å². The summed E-state index contributed by atoms with van der Waals surface area (Å²) in [5.41, 5.74) is 0.979. The summed E-state index contributed by atoms with van der Waals surface area (Å²) in [4.78, 5) is 30.3. The van der Waals surface area contributed by atoms with Gasteiger partial charge in [-0.25, -0.2) is 8.78 Å². The van der Waals surface area contributed by atoms with Gasteiger partial charge in [0.05, 0.1) is 6.54 Å². The van der Waals surface area contributed by atoms with Crippen molar-refractivity contribution in [3.05, 3.63) is 42.0 Å². The fraction of sp³-hybridized carbons (Fsp3) is 0.524. The van der Waals surface area contributed by atoms with E-state index in [1.54, 1.807) is 26.9 Å². The van der Waals surface area contributed by atoms with E-state index >= 15 is 0 Å². The van der Waals surface area contributed by atoms with Crippen molar-refractivity contribution >= 4 is 17.9 Å². The number of hydrogen-bond acceptors (Lipinski definition) is 3. The minimum absolute atomic E-state index is 0.0321. The number of amides is 2. The largest absolute Gasteiger partial charge is 0.340 e. The topological polar surface area (TPSA) is 43.9 Å². The first-order valence-corrected chi connectivity index (χ1v) is 9.84. The monoisotopic (exact) mass is 391 g/mol. The lowest BCUT2D eigenvalue weighted by Gasteiger charge is -2.38. The van der Waals surface area contributed by atoms with Gasteiger partial charge < -0.3 is 9.80 Å². The van der Waals surface area contributed by atoms with Gasteiger partial charge in [0.1, 0.15) is 0 Å². The van der Waals surface area contributed by atoms with Crippen LogP contribution < -0.4 is 0 Å². The molecule has 152 valence electrons. The third-order valence-electron chi connectivity index (χ3n) is 5.45. The lowest BCUT2D eigenvalue weighted by Crippen LogP contribution is -2.52. The summed E-state index contributed by atoms with van der Waals surface area (Å²) in [5, 5.41) is 0. The number of benzene rings is 1. The lowest BCUT2D eigenvalue weighted by molar-refractivity contribution is -0.141. The molecule has 1 aromatic carbocycles. The fourth-order valence-corrected chi connectivity index (χ4v) is 3.79. The summed E-state index contributed by atoms with van der Waals surface area (Å²) in [6.07, 6.45) is 2.36. The average Bonchev–Trinajstić information content (AvgIpc) is 2.72. The molecule has 2 heterocycles. The van der Waals surface area contributed by atoms with Crippen LogP contribution in [0.1, 0.15) is 18.4 Å². The zero-order valence-corrected chi connectivity index (χ0v) is 16.0. The summed E-state index contributed by atoms with van der Waals surface area (Å²) in [6, 6.07) is 9.66. The second-order valence-corrected chi connectivity index (χ2v) is 7.36. The molecule has 2 amide bonds. The Hall–Kier alpha value is -2.28. The van der Waals surface area contributed by atoms with Gasteiger partial charge in [-0.3, -0.25) is 14.5 Å². The second kappa shape index (κ2) is 9.78. The number of carbonyl (C=O) groups is 2. The molecule has 7 heteroatoms. The van der Waals surface area contributed by atoms with Crippen molar-refractivity contribution in [2.45, 2.75) is 19.3 Å². The number of halogens is 2. The first-order chi connectivity index (χ1) is 13.5. The molecule has 5 nitrogen and oxygen atoms in total. The van der Waals surface area contributed by atoms with Crippen LogP contribution in [0.5, 0.6) is 0 Å². The molecule has 0 N–H and O–H groups in total. The maximum Gasteiger partial charge on any atom is 0.251 e. The van der Waals surface area contributed by atoms with Crippen LogP contribution in [0.4, 0.5) is 8.78 Å². The van der Waals surface area contributed by atoms with Gasteiger partial charge in [0, 0.05) is 51.3 Å². The van der Waals surface area contributed by atoms with Crippen LogP contribution in [0.2, 0.25) is 0 Å². The molecule has 2 aliphatic heterocycles. The molecule has 0 atom stereocenters. The molecule has 1 aromatic rings. The molecule has 28 heavy (non-hydrogen) atoms. The molecule has 0 bridgehead atoms. The molecule has 0 unspecified atom stereocenters. The summed E-state index contributed by atoms with van der Waals surface area (Å²) in [7, 11) is 0. The molecule has 2 fully saturated rings. The number of hydrogen-bond donors (Lipinski definition) is 0. The number of carbonyl (C=O) groups excluding carboxylic acids is 2. The van der Waals surface area contributed by atoms with E-state index in [1.165, 1.54) is 0 Å². The first kappa shape index (κ1) is 20.5. The lowest BCUT2D eigenvalue weighted by atomic mass is 9.95. The predicted octanol–water partition coefficient (Wildman–Crippen LogP) is 2.35. The summed E-state index contributed by atoms with van der Waals surface area (Å²) >= 11 is 0. The van der Waals surface area contributed by atoms with Crippen molar-refractivity contribution in [1.29, 1.82) is 0 Å². The molecule has 0 radical (unpaired) electrons. The maximum absolute atomic E-state index is 12.7. The number of rotatable bonds is 5. The van der Waals surface area contributed by atoms with Gasteiger partial charge in [0.2, 0.25) is 11.8 Å². The summed E-state index contributed by atoms with van der Waals surface area (Å²) < 4.78 is 24.9. The Kier molecular flexibility index (Phi) is 7.14. The summed E-state index contributed by atoms with van der Waals surface area (Å²) in [6.45, 7) is 2.92. The van der Waals surface area contributed by atoms with Crippen LogP contribution in [-0.4, -0.2) is 78.8 Å². The Morgan fingerprint density at radius 3 is 2.21 bits per heavy atom. The fourth-order valence-electron chi connectivity index (χ4n) is 3.79. The van der Waals surface area contributed by atoms with E-state index in [-0.39, 0.29) is 24.3 Å². The molecule has 0 saturated carbocycles. The maximum atomic E-state index is 12.7. The number of nitrogens with zero attached hydrogens (tertiary/aromatic N) is 3. The van der Waals surface area contributed by atoms with Crippen LogP contribution >= 0.6 is 0 Å². The zero-order chi connectivity index (χ0) is 19.9. The number of piperazine rings is 1. The van der Waals surface area contributed by atoms with Crippen LogP contribution in [-0.2, 0) is 9.59 Å². The Bertz CT molecular complexity index is 680. The van der Waals surface area contributed by atoms with Crippen molar-refractivity contribution < 1.29 is 18.4 Å². The van der Waals surface area contributed by atoms with Crippen molar-refractivity contribution in [3.8, 4) is 0 Å². The highest BCUT2D eigenvalue weighted by atomic mass is 19.3. The highest BCUT2D eigenvalue weighted by Crippen LogP contribution is 2.21. The molecule has 3 rings (SSSR count).